The monoisotopic (exact) mass is 366 g/mol. The Balaban J connectivity index is 1.63. The molecule has 0 bridgehead atoms. The maximum Gasteiger partial charge on any atom is 0.242 e. The van der Waals surface area contributed by atoms with Crippen molar-refractivity contribution < 1.29 is 9.21 Å². The number of thiazole rings is 1. The number of benzene rings is 1. The fourth-order valence-corrected chi connectivity index (χ4v) is 3.43. The lowest BCUT2D eigenvalue weighted by Gasteiger charge is -2.17. The molecule has 4 rings (SSSR count). The van der Waals surface area contributed by atoms with Crippen molar-refractivity contribution in [2.75, 3.05) is 7.05 Å². The molecule has 0 radical (unpaired) electrons. The van der Waals surface area contributed by atoms with Crippen LogP contribution in [0.4, 0.5) is 0 Å². The molecule has 1 amide bonds. The first kappa shape index (κ1) is 16.5. The SMILES string of the molecule is Cc1ccc(CN(C)C(=O)Cn2c(-c3cscn3)nc3ccccc32)o1. The van der Waals surface area contributed by atoms with Crippen molar-refractivity contribution in [3.8, 4) is 11.5 Å². The molecule has 0 fully saturated rings. The minimum Gasteiger partial charge on any atom is -0.464 e. The van der Waals surface area contributed by atoms with E-state index < -0.39 is 0 Å². The summed E-state index contributed by atoms with van der Waals surface area (Å²) in [6.45, 7) is 2.53. The summed E-state index contributed by atoms with van der Waals surface area (Å²) in [6, 6.07) is 11.6. The van der Waals surface area contributed by atoms with Crippen LogP contribution in [0, 0.1) is 6.92 Å². The highest BCUT2D eigenvalue weighted by molar-refractivity contribution is 7.07. The van der Waals surface area contributed by atoms with Crippen LogP contribution in [-0.4, -0.2) is 32.4 Å². The number of likely N-dealkylation sites (N-methyl/N-ethyl adjacent to an activating group) is 1. The Hall–Kier alpha value is -2.93. The minimum atomic E-state index is -0.0151. The van der Waals surface area contributed by atoms with E-state index in [1.807, 2.05) is 53.3 Å². The van der Waals surface area contributed by atoms with Crippen LogP contribution in [0.25, 0.3) is 22.6 Å². The number of fused-ring (bicyclic) bond motifs is 1. The maximum atomic E-state index is 12.8. The largest absolute Gasteiger partial charge is 0.464 e. The molecule has 0 saturated heterocycles. The second kappa shape index (κ2) is 6.76. The van der Waals surface area contributed by atoms with Crippen molar-refractivity contribution in [1.82, 2.24) is 19.4 Å². The molecule has 3 heterocycles. The molecule has 0 atom stereocenters. The second-order valence-corrected chi connectivity index (χ2v) is 6.86. The van der Waals surface area contributed by atoms with Crippen LogP contribution in [-0.2, 0) is 17.9 Å². The van der Waals surface area contributed by atoms with E-state index in [1.54, 1.807) is 17.5 Å². The molecule has 3 aromatic heterocycles. The van der Waals surface area contributed by atoms with Gasteiger partial charge in [-0.2, -0.15) is 0 Å². The van der Waals surface area contributed by atoms with E-state index in [-0.39, 0.29) is 12.5 Å². The molecule has 6 nitrogen and oxygen atoms in total. The average Bonchev–Trinajstić information content (AvgIpc) is 3.35. The molecule has 1 aromatic carbocycles. The van der Waals surface area contributed by atoms with E-state index in [0.717, 1.165) is 28.2 Å². The smallest absolute Gasteiger partial charge is 0.242 e. The van der Waals surface area contributed by atoms with E-state index in [4.69, 9.17) is 4.42 Å². The Morgan fingerprint density at radius 1 is 1.27 bits per heavy atom. The lowest BCUT2D eigenvalue weighted by molar-refractivity contribution is -0.131. The van der Waals surface area contributed by atoms with E-state index in [9.17, 15) is 4.79 Å². The first-order valence-corrected chi connectivity index (χ1v) is 9.19. The first-order valence-electron chi connectivity index (χ1n) is 8.25. The number of para-hydroxylation sites is 2. The van der Waals surface area contributed by atoms with Crippen LogP contribution in [0.5, 0.6) is 0 Å². The highest BCUT2D eigenvalue weighted by atomic mass is 32.1. The molecular weight excluding hydrogens is 348 g/mol. The number of hydrogen-bond acceptors (Lipinski definition) is 5. The van der Waals surface area contributed by atoms with Gasteiger partial charge in [0, 0.05) is 12.4 Å². The van der Waals surface area contributed by atoms with Crippen LogP contribution < -0.4 is 0 Å². The zero-order chi connectivity index (χ0) is 18.1. The molecule has 26 heavy (non-hydrogen) atoms. The van der Waals surface area contributed by atoms with Gasteiger partial charge in [0.25, 0.3) is 0 Å². The first-order chi connectivity index (χ1) is 12.6. The summed E-state index contributed by atoms with van der Waals surface area (Å²) in [7, 11) is 1.78. The summed E-state index contributed by atoms with van der Waals surface area (Å²) >= 11 is 1.51. The fourth-order valence-electron chi connectivity index (χ4n) is 2.90. The molecule has 132 valence electrons. The van der Waals surface area contributed by atoms with Gasteiger partial charge in [-0.1, -0.05) is 12.1 Å². The summed E-state index contributed by atoms with van der Waals surface area (Å²) in [5.74, 6) is 2.31. The zero-order valence-corrected chi connectivity index (χ0v) is 15.4. The van der Waals surface area contributed by atoms with E-state index in [0.29, 0.717) is 12.4 Å². The number of aryl methyl sites for hydroxylation is 1. The lowest BCUT2D eigenvalue weighted by Crippen LogP contribution is -2.29. The summed E-state index contributed by atoms with van der Waals surface area (Å²) in [4.78, 5) is 23.5. The van der Waals surface area contributed by atoms with Gasteiger partial charge in [-0.05, 0) is 31.2 Å². The number of rotatable bonds is 5. The van der Waals surface area contributed by atoms with Gasteiger partial charge < -0.3 is 13.9 Å². The fraction of sp³-hybridized carbons (Fsp3) is 0.211. The Kier molecular flexibility index (Phi) is 4.30. The Labute approximate surface area is 154 Å². The lowest BCUT2D eigenvalue weighted by atomic mass is 10.3. The number of aromatic nitrogens is 3. The van der Waals surface area contributed by atoms with Crippen molar-refractivity contribution in [3.05, 3.63) is 58.8 Å². The number of nitrogens with zero attached hydrogens (tertiary/aromatic N) is 4. The Bertz CT molecular complexity index is 1050. The van der Waals surface area contributed by atoms with Gasteiger partial charge in [-0.3, -0.25) is 4.79 Å². The van der Waals surface area contributed by atoms with Gasteiger partial charge in [0.1, 0.15) is 23.8 Å². The number of hydrogen-bond donors (Lipinski definition) is 0. The molecular formula is C19H18N4O2S. The van der Waals surface area contributed by atoms with E-state index >= 15 is 0 Å². The molecule has 0 aliphatic heterocycles. The third-order valence-corrected chi connectivity index (χ3v) is 4.81. The standard InChI is InChI=1S/C19H18N4O2S/c1-13-7-8-14(25-13)9-22(2)18(24)10-23-17-6-4-3-5-15(17)21-19(23)16-11-26-12-20-16/h3-8,11-12H,9-10H2,1-2H3. The zero-order valence-electron chi connectivity index (χ0n) is 14.5. The highest BCUT2D eigenvalue weighted by Crippen LogP contribution is 2.25. The van der Waals surface area contributed by atoms with Crippen LogP contribution in [0.2, 0.25) is 0 Å². The molecule has 0 N–H and O–H groups in total. The molecule has 4 aromatic rings. The predicted molar refractivity (Wildman–Crippen MR) is 101 cm³/mol. The number of furan rings is 1. The number of imidazole rings is 1. The Morgan fingerprint density at radius 2 is 2.12 bits per heavy atom. The molecule has 0 aliphatic rings. The van der Waals surface area contributed by atoms with Gasteiger partial charge in [0.15, 0.2) is 5.82 Å². The highest BCUT2D eigenvalue weighted by Gasteiger charge is 2.18. The normalized spacial score (nSPS) is 11.2. The summed E-state index contributed by atoms with van der Waals surface area (Å²) in [5.41, 5.74) is 4.33. The summed E-state index contributed by atoms with van der Waals surface area (Å²) in [6.07, 6.45) is 0. The van der Waals surface area contributed by atoms with E-state index in [2.05, 4.69) is 9.97 Å². The van der Waals surface area contributed by atoms with Gasteiger partial charge in [-0.25, -0.2) is 9.97 Å². The number of carbonyl (C=O) groups excluding carboxylic acids is 1. The quantitative estimate of drug-likeness (QED) is 0.540. The molecule has 7 heteroatoms. The maximum absolute atomic E-state index is 12.8. The third kappa shape index (κ3) is 3.13. The molecule has 0 unspecified atom stereocenters. The molecule has 0 saturated carbocycles. The molecule has 0 aliphatic carbocycles. The number of carbonyl (C=O) groups is 1. The van der Waals surface area contributed by atoms with Crippen molar-refractivity contribution in [2.45, 2.75) is 20.0 Å². The van der Waals surface area contributed by atoms with Gasteiger partial charge >= 0.3 is 0 Å². The second-order valence-electron chi connectivity index (χ2n) is 6.15. The topological polar surface area (TPSA) is 64.2 Å². The number of amides is 1. The Morgan fingerprint density at radius 3 is 2.85 bits per heavy atom. The van der Waals surface area contributed by atoms with Crippen LogP contribution in [0.15, 0.2) is 51.7 Å². The van der Waals surface area contributed by atoms with Crippen molar-refractivity contribution >= 4 is 28.3 Å². The van der Waals surface area contributed by atoms with Crippen LogP contribution >= 0.6 is 11.3 Å². The molecule has 0 spiro atoms. The van der Waals surface area contributed by atoms with Crippen LogP contribution in [0.1, 0.15) is 11.5 Å². The van der Waals surface area contributed by atoms with Crippen molar-refractivity contribution in [1.29, 1.82) is 0 Å². The van der Waals surface area contributed by atoms with Crippen LogP contribution in [0.3, 0.4) is 0 Å². The van der Waals surface area contributed by atoms with E-state index in [1.165, 1.54) is 11.3 Å². The summed E-state index contributed by atoms with van der Waals surface area (Å²) < 4.78 is 7.50. The average molecular weight is 366 g/mol. The van der Waals surface area contributed by atoms with Gasteiger partial charge in [0.2, 0.25) is 5.91 Å². The van der Waals surface area contributed by atoms with Gasteiger partial charge in [-0.15, -0.1) is 11.3 Å². The minimum absolute atomic E-state index is 0.0151. The third-order valence-electron chi connectivity index (χ3n) is 4.22. The van der Waals surface area contributed by atoms with Gasteiger partial charge in [0.05, 0.1) is 23.1 Å². The predicted octanol–water partition coefficient (Wildman–Crippen LogP) is 3.72. The summed E-state index contributed by atoms with van der Waals surface area (Å²) in [5, 5.41) is 1.94. The van der Waals surface area contributed by atoms with Crippen molar-refractivity contribution in [3.63, 3.8) is 0 Å². The van der Waals surface area contributed by atoms with Crippen molar-refractivity contribution in [2.24, 2.45) is 0 Å².